The van der Waals surface area contributed by atoms with Gasteiger partial charge in [0.2, 0.25) is 0 Å². The zero-order valence-corrected chi connectivity index (χ0v) is 10.5. The van der Waals surface area contributed by atoms with Crippen LogP contribution in [0.25, 0.3) is 0 Å². The van der Waals surface area contributed by atoms with Crippen molar-refractivity contribution in [2.45, 2.75) is 29.3 Å². The Bertz CT molecular complexity index is 452. The minimum Gasteiger partial charge on any atom is -0.326 e. The first kappa shape index (κ1) is 11.5. The van der Waals surface area contributed by atoms with Gasteiger partial charge in [0.05, 0.1) is 0 Å². The molecule has 0 aromatic carbocycles. The quantitative estimate of drug-likeness (QED) is 0.902. The van der Waals surface area contributed by atoms with Crippen LogP contribution in [0.5, 0.6) is 0 Å². The number of hydrogen-bond donors (Lipinski definition) is 1. The van der Waals surface area contributed by atoms with Crippen molar-refractivity contribution in [1.82, 2.24) is 14.3 Å². The van der Waals surface area contributed by atoms with Gasteiger partial charge in [-0.2, -0.15) is 4.37 Å². The van der Waals surface area contributed by atoms with Crippen molar-refractivity contribution >= 4 is 23.3 Å². The Balaban J connectivity index is 2.08. The maximum absolute atomic E-state index is 5.51. The number of nitrogens with two attached hydrogens (primary N) is 1. The highest BCUT2D eigenvalue weighted by molar-refractivity contribution is 8.00. The number of pyridine rings is 1. The molecule has 0 atom stereocenters. The molecule has 0 spiro atoms. The van der Waals surface area contributed by atoms with Crippen LogP contribution in [0.3, 0.4) is 0 Å². The van der Waals surface area contributed by atoms with E-state index in [1.165, 1.54) is 23.3 Å². The zero-order chi connectivity index (χ0) is 11.4. The summed E-state index contributed by atoms with van der Waals surface area (Å²) in [6.07, 6.45) is 2.67. The molecule has 0 amide bonds. The second-order valence-corrected chi connectivity index (χ2v) is 5.16. The van der Waals surface area contributed by atoms with Crippen LogP contribution in [-0.4, -0.2) is 14.3 Å². The number of hydrogen-bond acceptors (Lipinski definition) is 6. The largest absolute Gasteiger partial charge is 0.326 e. The van der Waals surface area contributed by atoms with Gasteiger partial charge in [-0.3, -0.25) is 0 Å². The molecule has 0 aliphatic heterocycles. The Morgan fingerprint density at radius 2 is 2.31 bits per heavy atom. The molecular weight excluding hydrogens is 240 g/mol. The molecule has 0 bridgehead atoms. The first-order valence-corrected chi connectivity index (χ1v) is 6.56. The summed E-state index contributed by atoms with van der Waals surface area (Å²) < 4.78 is 5.16. The molecule has 0 aliphatic carbocycles. The Labute approximate surface area is 102 Å². The fraction of sp³-hybridized carbons (Fsp3) is 0.300. The molecule has 6 heteroatoms. The van der Waals surface area contributed by atoms with E-state index < -0.39 is 0 Å². The van der Waals surface area contributed by atoms with E-state index in [1.54, 1.807) is 6.20 Å². The van der Waals surface area contributed by atoms with E-state index in [-0.39, 0.29) is 0 Å². The minimum atomic E-state index is 0.525. The van der Waals surface area contributed by atoms with Crippen LogP contribution in [0.2, 0.25) is 0 Å². The second-order valence-electron chi connectivity index (χ2n) is 3.14. The van der Waals surface area contributed by atoms with Crippen molar-refractivity contribution in [2.24, 2.45) is 5.73 Å². The summed E-state index contributed by atoms with van der Waals surface area (Å²) in [6.45, 7) is 2.57. The molecule has 4 nitrogen and oxygen atoms in total. The van der Waals surface area contributed by atoms with Crippen molar-refractivity contribution in [3.8, 4) is 0 Å². The molecule has 0 fully saturated rings. The summed E-state index contributed by atoms with van der Waals surface area (Å²) in [5, 5.41) is 0.927. The Kier molecular flexibility index (Phi) is 3.87. The third kappa shape index (κ3) is 2.78. The van der Waals surface area contributed by atoms with Gasteiger partial charge in [0.15, 0.2) is 4.34 Å². The molecule has 0 saturated carbocycles. The molecule has 2 rings (SSSR count). The zero-order valence-electron chi connectivity index (χ0n) is 8.88. The Morgan fingerprint density at radius 3 is 2.88 bits per heavy atom. The van der Waals surface area contributed by atoms with Crippen LogP contribution >= 0.6 is 23.3 Å². The van der Waals surface area contributed by atoms with Crippen molar-refractivity contribution in [3.05, 3.63) is 29.7 Å². The topological polar surface area (TPSA) is 64.7 Å². The third-order valence-electron chi connectivity index (χ3n) is 1.99. The van der Waals surface area contributed by atoms with Gasteiger partial charge in [-0.05, 0) is 34.9 Å². The highest BCUT2D eigenvalue weighted by atomic mass is 32.2. The first-order valence-electron chi connectivity index (χ1n) is 4.97. The Hall–Kier alpha value is -0.980. The lowest BCUT2D eigenvalue weighted by molar-refractivity contribution is 0.968. The van der Waals surface area contributed by atoms with Crippen LogP contribution in [0, 0.1) is 0 Å². The maximum atomic E-state index is 5.51. The molecule has 0 aliphatic rings. The summed E-state index contributed by atoms with van der Waals surface area (Å²) in [6, 6.07) is 3.94. The smallest absolute Gasteiger partial charge is 0.176 e. The lowest BCUT2D eigenvalue weighted by Crippen LogP contribution is -1.96. The van der Waals surface area contributed by atoms with Gasteiger partial charge < -0.3 is 5.73 Å². The fourth-order valence-electron chi connectivity index (χ4n) is 1.10. The van der Waals surface area contributed by atoms with Crippen molar-refractivity contribution in [1.29, 1.82) is 0 Å². The van der Waals surface area contributed by atoms with Crippen LogP contribution in [0.15, 0.2) is 27.7 Å². The van der Waals surface area contributed by atoms with E-state index in [9.17, 15) is 0 Å². The molecule has 2 aromatic rings. The summed E-state index contributed by atoms with van der Waals surface area (Å²) in [4.78, 5) is 8.67. The molecule has 0 radical (unpaired) electrons. The van der Waals surface area contributed by atoms with E-state index in [1.807, 2.05) is 19.1 Å². The molecule has 2 heterocycles. The van der Waals surface area contributed by atoms with Gasteiger partial charge in [-0.25, -0.2) is 9.97 Å². The predicted molar refractivity (Wildman–Crippen MR) is 65.5 cm³/mol. The fourth-order valence-corrected chi connectivity index (χ4v) is 2.69. The minimum absolute atomic E-state index is 0.525. The number of aryl methyl sites for hydroxylation is 1. The van der Waals surface area contributed by atoms with Gasteiger partial charge in [0.25, 0.3) is 0 Å². The van der Waals surface area contributed by atoms with Crippen molar-refractivity contribution < 1.29 is 0 Å². The summed E-state index contributed by atoms with van der Waals surface area (Å²) in [7, 11) is 0. The van der Waals surface area contributed by atoms with E-state index in [0.717, 1.165) is 27.2 Å². The highest BCUT2D eigenvalue weighted by Gasteiger charge is 2.05. The van der Waals surface area contributed by atoms with Crippen molar-refractivity contribution in [2.75, 3.05) is 0 Å². The van der Waals surface area contributed by atoms with Gasteiger partial charge in [-0.15, -0.1) is 0 Å². The molecule has 84 valence electrons. The maximum Gasteiger partial charge on any atom is 0.176 e. The summed E-state index contributed by atoms with van der Waals surface area (Å²) in [5.74, 6) is 0.895. The molecule has 0 unspecified atom stereocenters. The average Bonchev–Trinajstić information content (AvgIpc) is 2.78. The second kappa shape index (κ2) is 5.38. The van der Waals surface area contributed by atoms with E-state index in [2.05, 4.69) is 14.3 Å². The molecule has 0 saturated heterocycles. The predicted octanol–water partition coefficient (Wildman–Crippen LogP) is 2.11. The van der Waals surface area contributed by atoms with Crippen molar-refractivity contribution in [3.63, 3.8) is 0 Å². The van der Waals surface area contributed by atoms with Crippen LogP contribution in [-0.2, 0) is 13.0 Å². The molecule has 16 heavy (non-hydrogen) atoms. The van der Waals surface area contributed by atoms with Gasteiger partial charge >= 0.3 is 0 Å². The van der Waals surface area contributed by atoms with Gasteiger partial charge in [-0.1, -0.05) is 13.0 Å². The first-order chi connectivity index (χ1) is 7.81. The lowest BCUT2D eigenvalue weighted by Gasteiger charge is -1.98. The van der Waals surface area contributed by atoms with Crippen LogP contribution in [0.4, 0.5) is 0 Å². The number of nitrogens with zero attached hydrogens (tertiary/aromatic N) is 3. The highest BCUT2D eigenvalue weighted by Crippen LogP contribution is 2.27. The number of rotatable bonds is 4. The third-order valence-corrected chi connectivity index (χ3v) is 3.73. The average molecular weight is 252 g/mol. The van der Waals surface area contributed by atoms with Crippen LogP contribution in [0.1, 0.15) is 18.3 Å². The number of aromatic nitrogens is 3. The van der Waals surface area contributed by atoms with Crippen LogP contribution < -0.4 is 5.73 Å². The SMILES string of the molecule is CCc1nsc(Sc2ccc(CN)cn2)n1. The van der Waals surface area contributed by atoms with E-state index in [4.69, 9.17) is 5.73 Å². The molecular formula is C10H12N4S2. The van der Waals surface area contributed by atoms with Gasteiger partial charge in [0.1, 0.15) is 10.9 Å². The van der Waals surface area contributed by atoms with Gasteiger partial charge in [0, 0.05) is 19.2 Å². The van der Waals surface area contributed by atoms with E-state index >= 15 is 0 Å². The summed E-state index contributed by atoms with van der Waals surface area (Å²) >= 11 is 2.95. The van der Waals surface area contributed by atoms with E-state index in [0.29, 0.717) is 6.54 Å². The normalized spacial score (nSPS) is 10.6. The molecule has 2 N–H and O–H groups in total. The molecule has 2 aromatic heterocycles. The Morgan fingerprint density at radius 1 is 1.44 bits per heavy atom. The monoisotopic (exact) mass is 252 g/mol. The standard InChI is InChI=1S/C10H12N4S2/c1-2-8-13-10(16-14-8)15-9-4-3-7(5-11)6-12-9/h3-4,6H,2,5,11H2,1H3. The summed E-state index contributed by atoms with van der Waals surface area (Å²) in [5.41, 5.74) is 6.54. The lowest BCUT2D eigenvalue weighted by atomic mass is 10.3.